The molecule has 0 bridgehead atoms. The fourth-order valence-electron chi connectivity index (χ4n) is 2.97. The predicted octanol–water partition coefficient (Wildman–Crippen LogP) is 1.67. The molecule has 2 aliphatic rings. The predicted molar refractivity (Wildman–Crippen MR) is 62.0 cm³/mol. The van der Waals surface area contributed by atoms with Gasteiger partial charge in [-0.25, -0.2) is 22.0 Å². The number of nitrogens with one attached hydrogen (secondary N) is 1. The molecule has 1 amide bonds. The van der Waals surface area contributed by atoms with Crippen LogP contribution in [0.15, 0.2) is 0 Å². The number of fused-ring (bicyclic) bond motifs is 1. The van der Waals surface area contributed by atoms with E-state index in [1.54, 1.807) is 0 Å². The van der Waals surface area contributed by atoms with Crippen molar-refractivity contribution in [2.24, 2.45) is 11.8 Å². The summed E-state index contributed by atoms with van der Waals surface area (Å²) in [5.74, 6) is -11.5. The molecule has 1 aromatic rings. The molecular weight excluding hydrogens is 295 g/mol. The smallest absolute Gasteiger partial charge is 0.260 e. The second-order valence-electron chi connectivity index (χ2n) is 5.33. The lowest BCUT2D eigenvalue weighted by molar-refractivity contribution is 0.0768. The number of carbonyl (C=O) groups is 1. The molecule has 0 aromatic heterocycles. The Morgan fingerprint density at radius 3 is 1.76 bits per heavy atom. The Hall–Kier alpha value is -1.70. The van der Waals surface area contributed by atoms with Gasteiger partial charge in [-0.2, -0.15) is 0 Å². The first-order valence-electron chi connectivity index (χ1n) is 6.43. The highest BCUT2D eigenvalue weighted by molar-refractivity contribution is 5.95. The summed E-state index contributed by atoms with van der Waals surface area (Å²) in [7, 11) is 0. The molecule has 0 aliphatic carbocycles. The molecule has 3 nitrogen and oxygen atoms in total. The molecule has 1 N–H and O–H groups in total. The maximum absolute atomic E-state index is 13.6. The zero-order valence-corrected chi connectivity index (χ0v) is 10.7. The number of halogens is 5. The molecule has 114 valence electrons. The summed E-state index contributed by atoms with van der Waals surface area (Å²) in [6.45, 7) is 1.84. The largest absolute Gasteiger partial charge is 0.338 e. The number of carbonyl (C=O) groups excluding carboxylic acids is 1. The van der Waals surface area contributed by atoms with Gasteiger partial charge in [0.15, 0.2) is 23.3 Å². The van der Waals surface area contributed by atoms with Gasteiger partial charge in [-0.15, -0.1) is 0 Å². The minimum absolute atomic E-state index is 0.148. The Kier molecular flexibility index (Phi) is 3.35. The van der Waals surface area contributed by atoms with Crippen molar-refractivity contribution in [1.82, 2.24) is 10.2 Å². The average molecular weight is 306 g/mol. The van der Waals surface area contributed by atoms with Crippen molar-refractivity contribution in [3.05, 3.63) is 34.6 Å². The van der Waals surface area contributed by atoms with Crippen LogP contribution < -0.4 is 5.32 Å². The lowest BCUT2D eigenvalue weighted by atomic mass is 10.0. The summed E-state index contributed by atoms with van der Waals surface area (Å²) in [5, 5.41) is 3.12. The van der Waals surface area contributed by atoms with E-state index in [-0.39, 0.29) is 24.9 Å². The highest BCUT2D eigenvalue weighted by Crippen LogP contribution is 2.30. The van der Waals surface area contributed by atoms with E-state index in [1.807, 2.05) is 0 Å². The van der Waals surface area contributed by atoms with Gasteiger partial charge in [0.25, 0.3) is 5.91 Å². The van der Waals surface area contributed by atoms with Gasteiger partial charge in [0, 0.05) is 26.2 Å². The first kappa shape index (κ1) is 14.2. The quantitative estimate of drug-likeness (QED) is 0.486. The Morgan fingerprint density at radius 2 is 1.29 bits per heavy atom. The van der Waals surface area contributed by atoms with Gasteiger partial charge >= 0.3 is 0 Å². The number of benzene rings is 1. The summed E-state index contributed by atoms with van der Waals surface area (Å²) in [6.07, 6.45) is 0. The Bertz CT molecular complexity index is 580. The monoisotopic (exact) mass is 306 g/mol. The molecule has 1 aromatic carbocycles. The first-order chi connectivity index (χ1) is 9.91. The highest BCUT2D eigenvalue weighted by Gasteiger charge is 2.40. The summed E-state index contributed by atoms with van der Waals surface area (Å²) < 4.78 is 66.5. The number of likely N-dealkylation sites (tertiary alicyclic amines) is 1. The van der Waals surface area contributed by atoms with Gasteiger partial charge in [-0.05, 0) is 11.8 Å². The zero-order chi connectivity index (χ0) is 15.3. The molecule has 3 rings (SSSR count). The number of hydrogen-bond donors (Lipinski definition) is 1. The van der Waals surface area contributed by atoms with Gasteiger partial charge in [0.1, 0.15) is 5.56 Å². The van der Waals surface area contributed by atoms with E-state index < -0.39 is 40.6 Å². The van der Waals surface area contributed by atoms with Gasteiger partial charge in [-0.3, -0.25) is 4.79 Å². The number of rotatable bonds is 1. The van der Waals surface area contributed by atoms with Crippen LogP contribution in [0.4, 0.5) is 22.0 Å². The van der Waals surface area contributed by atoms with Crippen molar-refractivity contribution >= 4 is 5.91 Å². The molecule has 8 heteroatoms. The molecule has 2 fully saturated rings. The minimum atomic E-state index is -2.26. The minimum Gasteiger partial charge on any atom is -0.338 e. The lowest BCUT2D eigenvalue weighted by Gasteiger charge is -2.18. The van der Waals surface area contributed by atoms with Crippen LogP contribution in [0.2, 0.25) is 0 Å². The molecule has 2 saturated heterocycles. The third kappa shape index (κ3) is 2.08. The Morgan fingerprint density at radius 1 is 0.857 bits per heavy atom. The van der Waals surface area contributed by atoms with Crippen molar-refractivity contribution in [3.63, 3.8) is 0 Å². The summed E-state index contributed by atoms with van der Waals surface area (Å²) in [5.41, 5.74) is -1.38. The van der Waals surface area contributed by atoms with Crippen LogP contribution in [0.25, 0.3) is 0 Å². The zero-order valence-electron chi connectivity index (χ0n) is 10.7. The van der Waals surface area contributed by atoms with Crippen molar-refractivity contribution < 1.29 is 26.7 Å². The maximum atomic E-state index is 13.6. The van der Waals surface area contributed by atoms with Crippen molar-refractivity contribution in [2.75, 3.05) is 26.2 Å². The van der Waals surface area contributed by atoms with E-state index in [0.717, 1.165) is 4.90 Å². The van der Waals surface area contributed by atoms with E-state index in [4.69, 9.17) is 0 Å². The van der Waals surface area contributed by atoms with Crippen LogP contribution in [0.3, 0.4) is 0 Å². The molecule has 2 heterocycles. The van der Waals surface area contributed by atoms with Crippen molar-refractivity contribution in [1.29, 1.82) is 0 Å². The van der Waals surface area contributed by atoms with Crippen LogP contribution in [-0.2, 0) is 0 Å². The second-order valence-corrected chi connectivity index (χ2v) is 5.33. The Balaban J connectivity index is 1.96. The Labute approximate surface area is 116 Å². The normalized spacial score (nSPS) is 24.5. The van der Waals surface area contributed by atoms with Crippen LogP contribution in [-0.4, -0.2) is 37.0 Å². The van der Waals surface area contributed by atoms with E-state index in [9.17, 15) is 26.7 Å². The highest BCUT2D eigenvalue weighted by atomic mass is 19.2. The molecule has 0 radical (unpaired) electrons. The van der Waals surface area contributed by atoms with Crippen LogP contribution in [0, 0.1) is 40.9 Å². The molecule has 0 spiro atoms. The van der Waals surface area contributed by atoms with Gasteiger partial charge in [0.05, 0.1) is 0 Å². The molecule has 21 heavy (non-hydrogen) atoms. The van der Waals surface area contributed by atoms with Gasteiger partial charge in [-0.1, -0.05) is 0 Å². The SMILES string of the molecule is O=C(c1c(F)c(F)c(F)c(F)c1F)N1CC2CNCC2C1. The number of nitrogens with zero attached hydrogens (tertiary/aromatic N) is 1. The third-order valence-electron chi connectivity index (χ3n) is 4.10. The molecular formula is C13H11F5N2O. The standard InChI is InChI=1S/C13H11F5N2O/c14-8-7(9(15)11(17)12(18)10(8)16)13(21)20-3-5-1-19-2-6(5)4-20/h5-6,19H,1-4H2. The molecule has 2 atom stereocenters. The molecule has 2 unspecified atom stereocenters. The second kappa shape index (κ2) is 4.94. The summed E-state index contributed by atoms with van der Waals surface area (Å²) in [4.78, 5) is 13.3. The van der Waals surface area contributed by atoms with Gasteiger partial charge in [0.2, 0.25) is 5.82 Å². The van der Waals surface area contributed by atoms with Crippen LogP contribution in [0.5, 0.6) is 0 Å². The third-order valence-corrected chi connectivity index (χ3v) is 4.10. The van der Waals surface area contributed by atoms with Crippen LogP contribution in [0.1, 0.15) is 10.4 Å². The van der Waals surface area contributed by atoms with E-state index in [2.05, 4.69) is 5.32 Å². The van der Waals surface area contributed by atoms with E-state index in [0.29, 0.717) is 13.1 Å². The summed E-state index contributed by atoms with van der Waals surface area (Å²) in [6, 6.07) is 0. The lowest BCUT2D eigenvalue weighted by Crippen LogP contribution is -2.33. The molecule has 0 saturated carbocycles. The van der Waals surface area contributed by atoms with Crippen molar-refractivity contribution in [3.8, 4) is 0 Å². The fraction of sp³-hybridized carbons (Fsp3) is 0.462. The first-order valence-corrected chi connectivity index (χ1v) is 6.43. The topological polar surface area (TPSA) is 32.3 Å². The van der Waals surface area contributed by atoms with Crippen LogP contribution >= 0.6 is 0 Å². The average Bonchev–Trinajstić information content (AvgIpc) is 3.04. The van der Waals surface area contributed by atoms with E-state index >= 15 is 0 Å². The fourth-order valence-corrected chi connectivity index (χ4v) is 2.97. The van der Waals surface area contributed by atoms with Gasteiger partial charge < -0.3 is 10.2 Å². The summed E-state index contributed by atoms with van der Waals surface area (Å²) >= 11 is 0. The van der Waals surface area contributed by atoms with E-state index in [1.165, 1.54) is 0 Å². The maximum Gasteiger partial charge on any atom is 0.260 e. The number of amides is 1. The molecule has 2 aliphatic heterocycles. The number of hydrogen-bond acceptors (Lipinski definition) is 2. The van der Waals surface area contributed by atoms with Crippen molar-refractivity contribution in [2.45, 2.75) is 0 Å².